The molecule has 1 heterocycles. The SMILES string of the molecule is CCCCCCn1nnc(C(N)=O)c1C1CCC1. The number of nitrogens with two attached hydrogens (primary N) is 1. The van der Waals surface area contributed by atoms with Crippen LogP contribution in [0.25, 0.3) is 0 Å². The molecule has 1 amide bonds. The monoisotopic (exact) mass is 250 g/mol. The number of carbonyl (C=O) groups is 1. The largest absolute Gasteiger partial charge is 0.364 e. The number of rotatable bonds is 7. The summed E-state index contributed by atoms with van der Waals surface area (Å²) in [7, 11) is 0. The smallest absolute Gasteiger partial charge is 0.271 e. The van der Waals surface area contributed by atoms with Crippen LogP contribution in [0.3, 0.4) is 0 Å². The van der Waals surface area contributed by atoms with E-state index in [4.69, 9.17) is 5.73 Å². The lowest BCUT2D eigenvalue weighted by Crippen LogP contribution is -2.21. The van der Waals surface area contributed by atoms with Gasteiger partial charge in [0.05, 0.1) is 5.69 Å². The summed E-state index contributed by atoms with van der Waals surface area (Å²) >= 11 is 0. The van der Waals surface area contributed by atoms with Crippen LogP contribution in [-0.2, 0) is 6.54 Å². The quantitative estimate of drug-likeness (QED) is 0.754. The van der Waals surface area contributed by atoms with E-state index in [0.29, 0.717) is 11.6 Å². The Morgan fingerprint density at radius 1 is 1.39 bits per heavy atom. The zero-order valence-corrected chi connectivity index (χ0v) is 11.1. The van der Waals surface area contributed by atoms with Crippen LogP contribution < -0.4 is 5.73 Å². The van der Waals surface area contributed by atoms with E-state index in [2.05, 4.69) is 17.2 Å². The number of hydrogen-bond acceptors (Lipinski definition) is 3. The Kier molecular flexibility index (Phi) is 4.33. The van der Waals surface area contributed by atoms with Crippen LogP contribution in [0.2, 0.25) is 0 Å². The van der Waals surface area contributed by atoms with Crippen LogP contribution >= 0.6 is 0 Å². The first-order chi connectivity index (χ1) is 8.74. The maximum Gasteiger partial charge on any atom is 0.271 e. The molecule has 1 aliphatic carbocycles. The van der Waals surface area contributed by atoms with Gasteiger partial charge in [-0.15, -0.1) is 5.10 Å². The summed E-state index contributed by atoms with van der Waals surface area (Å²) in [6, 6.07) is 0. The Morgan fingerprint density at radius 2 is 2.17 bits per heavy atom. The molecule has 18 heavy (non-hydrogen) atoms. The molecule has 1 aliphatic rings. The molecule has 2 N–H and O–H groups in total. The first-order valence-electron chi connectivity index (χ1n) is 6.97. The van der Waals surface area contributed by atoms with E-state index in [-0.39, 0.29) is 0 Å². The standard InChI is InChI=1S/C13H22N4O/c1-2-3-4-5-9-17-12(10-7-6-8-10)11(13(14)18)15-16-17/h10H,2-9H2,1H3,(H2,14,18). The molecule has 1 aromatic rings. The van der Waals surface area contributed by atoms with E-state index >= 15 is 0 Å². The number of amides is 1. The number of aromatic nitrogens is 3. The Morgan fingerprint density at radius 3 is 2.72 bits per heavy atom. The average Bonchev–Trinajstić information content (AvgIpc) is 2.66. The Labute approximate surface area is 108 Å². The number of primary amides is 1. The van der Waals surface area contributed by atoms with Crippen LogP contribution in [-0.4, -0.2) is 20.9 Å². The molecule has 1 aromatic heterocycles. The number of nitrogens with zero attached hydrogens (tertiary/aromatic N) is 3. The average molecular weight is 250 g/mol. The van der Waals surface area contributed by atoms with Crippen molar-refractivity contribution in [1.29, 1.82) is 0 Å². The molecule has 0 spiro atoms. The van der Waals surface area contributed by atoms with Gasteiger partial charge in [0.1, 0.15) is 0 Å². The van der Waals surface area contributed by atoms with Gasteiger partial charge in [0.15, 0.2) is 5.69 Å². The van der Waals surface area contributed by atoms with Crippen molar-refractivity contribution in [2.45, 2.75) is 64.3 Å². The fourth-order valence-electron chi connectivity index (χ4n) is 2.44. The van der Waals surface area contributed by atoms with Crippen molar-refractivity contribution in [2.24, 2.45) is 5.73 Å². The van der Waals surface area contributed by atoms with Gasteiger partial charge in [0.2, 0.25) is 0 Å². The molecule has 0 unspecified atom stereocenters. The highest BCUT2D eigenvalue weighted by Crippen LogP contribution is 2.37. The first-order valence-corrected chi connectivity index (χ1v) is 6.97. The zero-order valence-electron chi connectivity index (χ0n) is 11.1. The van der Waals surface area contributed by atoms with Gasteiger partial charge < -0.3 is 5.73 Å². The molecule has 0 saturated heterocycles. The van der Waals surface area contributed by atoms with Gasteiger partial charge in [0.25, 0.3) is 5.91 Å². The normalized spacial score (nSPS) is 15.6. The van der Waals surface area contributed by atoms with Crippen molar-refractivity contribution in [3.8, 4) is 0 Å². The van der Waals surface area contributed by atoms with E-state index in [1.54, 1.807) is 0 Å². The maximum absolute atomic E-state index is 11.4. The highest BCUT2D eigenvalue weighted by molar-refractivity contribution is 5.92. The minimum atomic E-state index is -0.447. The Bertz CT molecular complexity index is 409. The summed E-state index contributed by atoms with van der Waals surface area (Å²) in [5, 5.41) is 8.06. The third kappa shape index (κ3) is 2.71. The van der Waals surface area contributed by atoms with Crippen molar-refractivity contribution in [1.82, 2.24) is 15.0 Å². The number of hydrogen-bond donors (Lipinski definition) is 1. The molecule has 2 rings (SSSR count). The fourth-order valence-corrected chi connectivity index (χ4v) is 2.44. The van der Waals surface area contributed by atoms with Crippen LogP contribution in [0.4, 0.5) is 0 Å². The third-order valence-corrected chi connectivity index (χ3v) is 3.72. The lowest BCUT2D eigenvalue weighted by Gasteiger charge is -2.26. The minimum Gasteiger partial charge on any atom is -0.364 e. The molecule has 5 heteroatoms. The first kappa shape index (κ1) is 13.1. The van der Waals surface area contributed by atoms with Gasteiger partial charge in [-0.1, -0.05) is 37.8 Å². The summed E-state index contributed by atoms with van der Waals surface area (Å²) < 4.78 is 1.90. The molecular formula is C13H22N4O. The molecule has 5 nitrogen and oxygen atoms in total. The Hall–Kier alpha value is -1.39. The number of unbranched alkanes of at least 4 members (excludes halogenated alkanes) is 3. The summed E-state index contributed by atoms with van der Waals surface area (Å²) in [4.78, 5) is 11.4. The van der Waals surface area contributed by atoms with Crippen molar-refractivity contribution in [2.75, 3.05) is 0 Å². The van der Waals surface area contributed by atoms with Gasteiger partial charge in [-0.25, -0.2) is 4.68 Å². The summed E-state index contributed by atoms with van der Waals surface area (Å²) in [6.45, 7) is 3.05. The Balaban J connectivity index is 2.06. The van der Waals surface area contributed by atoms with E-state index in [0.717, 1.165) is 31.5 Å². The van der Waals surface area contributed by atoms with Gasteiger partial charge in [0, 0.05) is 12.5 Å². The topological polar surface area (TPSA) is 73.8 Å². The predicted octanol–water partition coefficient (Wildman–Crippen LogP) is 2.22. The minimum absolute atomic E-state index is 0.384. The number of carbonyl (C=O) groups excluding carboxylic acids is 1. The van der Waals surface area contributed by atoms with Crippen molar-refractivity contribution < 1.29 is 4.79 Å². The van der Waals surface area contributed by atoms with Crippen molar-refractivity contribution in [3.05, 3.63) is 11.4 Å². The van der Waals surface area contributed by atoms with E-state index in [1.807, 2.05) is 4.68 Å². The third-order valence-electron chi connectivity index (χ3n) is 3.72. The number of aryl methyl sites for hydroxylation is 1. The zero-order chi connectivity index (χ0) is 13.0. The fraction of sp³-hybridized carbons (Fsp3) is 0.769. The van der Waals surface area contributed by atoms with Gasteiger partial charge in [-0.2, -0.15) is 0 Å². The summed E-state index contributed by atoms with van der Waals surface area (Å²) in [5.74, 6) is -0.00890. The molecule has 0 atom stereocenters. The maximum atomic E-state index is 11.4. The predicted molar refractivity (Wildman–Crippen MR) is 69.3 cm³/mol. The van der Waals surface area contributed by atoms with Crippen molar-refractivity contribution in [3.63, 3.8) is 0 Å². The highest BCUT2D eigenvalue weighted by Gasteiger charge is 2.29. The van der Waals surface area contributed by atoms with E-state index in [1.165, 1.54) is 25.7 Å². The highest BCUT2D eigenvalue weighted by atomic mass is 16.1. The molecule has 0 aliphatic heterocycles. The molecule has 1 fully saturated rings. The van der Waals surface area contributed by atoms with Crippen LogP contribution in [0.15, 0.2) is 0 Å². The second kappa shape index (κ2) is 5.98. The van der Waals surface area contributed by atoms with E-state index < -0.39 is 5.91 Å². The second-order valence-electron chi connectivity index (χ2n) is 5.10. The summed E-state index contributed by atoms with van der Waals surface area (Å²) in [6.07, 6.45) is 8.24. The van der Waals surface area contributed by atoms with Gasteiger partial charge in [-0.3, -0.25) is 4.79 Å². The molecular weight excluding hydrogens is 228 g/mol. The van der Waals surface area contributed by atoms with Crippen LogP contribution in [0.5, 0.6) is 0 Å². The molecule has 0 radical (unpaired) electrons. The van der Waals surface area contributed by atoms with Crippen LogP contribution in [0.1, 0.15) is 74.0 Å². The lowest BCUT2D eigenvalue weighted by atomic mass is 9.82. The van der Waals surface area contributed by atoms with Crippen molar-refractivity contribution >= 4 is 5.91 Å². The lowest BCUT2D eigenvalue weighted by molar-refractivity contribution is 0.0993. The molecule has 0 bridgehead atoms. The van der Waals surface area contributed by atoms with Crippen LogP contribution in [0, 0.1) is 0 Å². The molecule has 100 valence electrons. The molecule has 0 aromatic carbocycles. The second-order valence-corrected chi connectivity index (χ2v) is 5.10. The molecule has 1 saturated carbocycles. The van der Waals surface area contributed by atoms with E-state index in [9.17, 15) is 4.79 Å². The van der Waals surface area contributed by atoms with Gasteiger partial charge >= 0.3 is 0 Å². The van der Waals surface area contributed by atoms with Gasteiger partial charge in [-0.05, 0) is 19.3 Å². The summed E-state index contributed by atoms with van der Waals surface area (Å²) in [5.41, 5.74) is 6.73.